The van der Waals surface area contributed by atoms with E-state index in [1.54, 1.807) is 12.4 Å². The van der Waals surface area contributed by atoms with Crippen LogP contribution in [-0.2, 0) is 4.79 Å². The molecule has 138 valence electrons. The summed E-state index contributed by atoms with van der Waals surface area (Å²) in [6.45, 7) is 1.90. The maximum absolute atomic E-state index is 12.6. The van der Waals surface area contributed by atoms with Crippen molar-refractivity contribution >= 4 is 34.2 Å². The maximum Gasteiger partial charge on any atom is 0.228 e. The number of benzene rings is 1. The van der Waals surface area contributed by atoms with Crippen molar-refractivity contribution in [1.29, 1.82) is 0 Å². The SMILES string of the molecule is CN1CCC(C(=O)Nc2cc(-c3cc(Cl)cc4ncccc34)ccn2)CC1. The minimum Gasteiger partial charge on any atom is -0.310 e. The molecule has 1 aliphatic heterocycles. The van der Waals surface area contributed by atoms with Crippen LogP contribution in [0.2, 0.25) is 5.02 Å². The number of amides is 1. The summed E-state index contributed by atoms with van der Waals surface area (Å²) in [6.07, 6.45) is 5.23. The average molecular weight is 381 g/mol. The number of carbonyl (C=O) groups is 1. The zero-order chi connectivity index (χ0) is 18.8. The van der Waals surface area contributed by atoms with Gasteiger partial charge >= 0.3 is 0 Å². The van der Waals surface area contributed by atoms with Gasteiger partial charge < -0.3 is 10.2 Å². The first-order chi connectivity index (χ1) is 13.1. The lowest BCUT2D eigenvalue weighted by atomic mass is 9.96. The van der Waals surface area contributed by atoms with Crippen molar-refractivity contribution in [3.05, 3.63) is 53.8 Å². The van der Waals surface area contributed by atoms with Gasteiger partial charge in [-0.1, -0.05) is 17.7 Å². The molecule has 3 aromatic rings. The number of hydrogen-bond donors (Lipinski definition) is 1. The van der Waals surface area contributed by atoms with E-state index in [9.17, 15) is 4.79 Å². The molecule has 0 unspecified atom stereocenters. The van der Waals surface area contributed by atoms with E-state index in [4.69, 9.17) is 11.6 Å². The smallest absolute Gasteiger partial charge is 0.228 e. The summed E-state index contributed by atoms with van der Waals surface area (Å²) in [5.41, 5.74) is 2.76. The topological polar surface area (TPSA) is 58.1 Å². The Balaban J connectivity index is 1.61. The first kappa shape index (κ1) is 17.9. The molecule has 0 saturated carbocycles. The highest BCUT2D eigenvalue weighted by molar-refractivity contribution is 6.31. The van der Waals surface area contributed by atoms with Crippen LogP contribution in [-0.4, -0.2) is 40.9 Å². The van der Waals surface area contributed by atoms with E-state index in [1.165, 1.54) is 0 Å². The van der Waals surface area contributed by atoms with Crippen molar-refractivity contribution in [2.24, 2.45) is 5.92 Å². The van der Waals surface area contributed by atoms with Crippen molar-refractivity contribution < 1.29 is 4.79 Å². The van der Waals surface area contributed by atoms with Crippen LogP contribution in [0.3, 0.4) is 0 Å². The van der Waals surface area contributed by atoms with E-state index in [0.29, 0.717) is 10.8 Å². The number of halogens is 1. The number of piperidine rings is 1. The van der Waals surface area contributed by atoms with Crippen molar-refractivity contribution in [2.75, 3.05) is 25.5 Å². The number of aromatic nitrogens is 2. The van der Waals surface area contributed by atoms with Crippen LogP contribution >= 0.6 is 11.6 Å². The van der Waals surface area contributed by atoms with E-state index in [2.05, 4.69) is 27.2 Å². The molecule has 0 radical (unpaired) electrons. The predicted octanol–water partition coefficient (Wildman–Crippen LogP) is 4.23. The number of fused-ring (bicyclic) bond motifs is 1. The fraction of sp³-hybridized carbons (Fsp3) is 0.286. The third kappa shape index (κ3) is 3.94. The second-order valence-electron chi connectivity index (χ2n) is 7.02. The first-order valence-corrected chi connectivity index (χ1v) is 9.48. The molecule has 0 atom stereocenters. The Labute approximate surface area is 163 Å². The monoisotopic (exact) mass is 380 g/mol. The van der Waals surface area contributed by atoms with Gasteiger partial charge in [0.2, 0.25) is 5.91 Å². The molecular formula is C21H21ClN4O. The van der Waals surface area contributed by atoms with Crippen LogP contribution in [0, 0.1) is 5.92 Å². The molecule has 1 aromatic carbocycles. The summed E-state index contributed by atoms with van der Waals surface area (Å²) < 4.78 is 0. The number of nitrogens with one attached hydrogen (secondary N) is 1. The fourth-order valence-corrected chi connectivity index (χ4v) is 3.76. The van der Waals surface area contributed by atoms with E-state index in [0.717, 1.165) is 48.0 Å². The normalized spacial score (nSPS) is 15.8. The predicted molar refractivity (Wildman–Crippen MR) is 109 cm³/mol. The largest absolute Gasteiger partial charge is 0.310 e. The molecule has 4 rings (SSSR count). The van der Waals surface area contributed by atoms with Crippen LogP contribution in [0.5, 0.6) is 0 Å². The number of nitrogens with zero attached hydrogens (tertiary/aromatic N) is 3. The second-order valence-corrected chi connectivity index (χ2v) is 7.46. The van der Waals surface area contributed by atoms with Gasteiger partial charge in [0.25, 0.3) is 0 Å². The lowest BCUT2D eigenvalue weighted by Gasteiger charge is -2.27. The fourth-order valence-electron chi connectivity index (χ4n) is 3.55. The zero-order valence-corrected chi connectivity index (χ0v) is 15.9. The van der Waals surface area contributed by atoms with Crippen LogP contribution in [0.15, 0.2) is 48.8 Å². The van der Waals surface area contributed by atoms with E-state index < -0.39 is 0 Å². The molecule has 2 aromatic heterocycles. The van der Waals surface area contributed by atoms with Gasteiger partial charge in [0.1, 0.15) is 5.82 Å². The van der Waals surface area contributed by atoms with E-state index >= 15 is 0 Å². The van der Waals surface area contributed by atoms with Gasteiger partial charge in [0, 0.05) is 28.7 Å². The Kier molecular flexibility index (Phi) is 5.05. The molecule has 0 bridgehead atoms. The molecular weight excluding hydrogens is 360 g/mol. The Bertz CT molecular complexity index is 983. The quantitative estimate of drug-likeness (QED) is 0.738. The van der Waals surface area contributed by atoms with Crippen molar-refractivity contribution in [3.8, 4) is 11.1 Å². The molecule has 1 amide bonds. The van der Waals surface area contributed by atoms with Crippen LogP contribution in [0.4, 0.5) is 5.82 Å². The second kappa shape index (κ2) is 7.62. The molecule has 0 aliphatic carbocycles. The van der Waals surface area contributed by atoms with Gasteiger partial charge in [-0.15, -0.1) is 0 Å². The molecule has 6 heteroatoms. The van der Waals surface area contributed by atoms with Gasteiger partial charge in [-0.05, 0) is 74.4 Å². The molecule has 1 aliphatic rings. The number of pyridine rings is 2. The standard InChI is InChI=1S/C21H21ClN4O/c1-26-9-5-14(6-10-26)21(27)25-20-11-15(4-8-24-20)18-12-16(22)13-19-17(18)3-2-7-23-19/h2-4,7-8,11-14H,5-6,9-10H2,1H3,(H,24,25,27). The molecule has 0 spiro atoms. The van der Waals surface area contributed by atoms with E-state index in [-0.39, 0.29) is 11.8 Å². The molecule has 1 saturated heterocycles. The van der Waals surface area contributed by atoms with Crippen LogP contribution in [0.1, 0.15) is 12.8 Å². The molecule has 1 N–H and O–H groups in total. The summed E-state index contributed by atoms with van der Waals surface area (Å²) >= 11 is 6.28. The summed E-state index contributed by atoms with van der Waals surface area (Å²) in [5.74, 6) is 0.654. The minimum atomic E-state index is 0.0443. The highest BCUT2D eigenvalue weighted by Crippen LogP contribution is 2.32. The van der Waals surface area contributed by atoms with Gasteiger partial charge in [-0.25, -0.2) is 4.98 Å². The number of rotatable bonds is 3. The maximum atomic E-state index is 12.6. The Hall–Kier alpha value is -2.50. The number of hydrogen-bond acceptors (Lipinski definition) is 4. The first-order valence-electron chi connectivity index (χ1n) is 9.10. The van der Waals surface area contributed by atoms with Gasteiger partial charge in [0.15, 0.2) is 0 Å². The third-order valence-corrected chi connectivity index (χ3v) is 5.32. The minimum absolute atomic E-state index is 0.0443. The van der Waals surface area contributed by atoms with E-state index in [1.807, 2.05) is 36.4 Å². The summed E-state index contributed by atoms with van der Waals surface area (Å²) in [6, 6.07) is 11.5. The highest BCUT2D eigenvalue weighted by atomic mass is 35.5. The molecule has 3 heterocycles. The summed E-state index contributed by atoms with van der Waals surface area (Å²) in [4.78, 5) is 23.6. The number of likely N-dealkylation sites (tertiary alicyclic amines) is 1. The zero-order valence-electron chi connectivity index (χ0n) is 15.2. The highest BCUT2D eigenvalue weighted by Gasteiger charge is 2.23. The van der Waals surface area contributed by atoms with Crippen LogP contribution < -0.4 is 5.32 Å². The van der Waals surface area contributed by atoms with Crippen molar-refractivity contribution in [2.45, 2.75) is 12.8 Å². The van der Waals surface area contributed by atoms with Gasteiger partial charge in [-0.2, -0.15) is 0 Å². The molecule has 1 fully saturated rings. The molecule has 5 nitrogen and oxygen atoms in total. The Morgan fingerprint density at radius 3 is 2.78 bits per heavy atom. The lowest BCUT2D eigenvalue weighted by molar-refractivity contribution is -0.121. The van der Waals surface area contributed by atoms with Crippen molar-refractivity contribution in [1.82, 2.24) is 14.9 Å². The summed E-state index contributed by atoms with van der Waals surface area (Å²) in [7, 11) is 2.09. The van der Waals surface area contributed by atoms with Crippen molar-refractivity contribution in [3.63, 3.8) is 0 Å². The number of carbonyl (C=O) groups excluding carboxylic acids is 1. The Morgan fingerprint density at radius 2 is 1.96 bits per heavy atom. The Morgan fingerprint density at radius 1 is 1.15 bits per heavy atom. The lowest BCUT2D eigenvalue weighted by Crippen LogP contribution is -2.36. The molecule has 27 heavy (non-hydrogen) atoms. The summed E-state index contributed by atoms with van der Waals surface area (Å²) in [5, 5.41) is 4.63. The average Bonchev–Trinajstić information content (AvgIpc) is 2.68. The number of anilines is 1. The van der Waals surface area contributed by atoms with Gasteiger partial charge in [0.05, 0.1) is 5.52 Å². The third-order valence-electron chi connectivity index (χ3n) is 5.10. The van der Waals surface area contributed by atoms with Crippen LogP contribution in [0.25, 0.3) is 22.0 Å². The van der Waals surface area contributed by atoms with Gasteiger partial charge in [-0.3, -0.25) is 9.78 Å².